The number of carbonyl (C=O) groups excluding carboxylic acids is 1. The first kappa shape index (κ1) is 21.5. The monoisotopic (exact) mass is 459 g/mol. The molecule has 1 atom stereocenters. The zero-order valence-electron chi connectivity index (χ0n) is 18.7. The molecule has 0 aliphatic carbocycles. The van der Waals surface area contributed by atoms with Crippen LogP contribution in [-0.2, 0) is 11.3 Å². The highest BCUT2D eigenvalue weighted by atomic mass is 16.5. The molecule has 6 N–H and O–H groups in total. The molecule has 4 aromatic rings. The number of carbonyl (C=O) groups is 1. The number of anilines is 1. The summed E-state index contributed by atoms with van der Waals surface area (Å²) in [5, 5.41) is 10.9. The lowest BCUT2D eigenvalue weighted by molar-refractivity contribution is -0.119. The van der Waals surface area contributed by atoms with Crippen molar-refractivity contribution < 1.29 is 13.9 Å². The van der Waals surface area contributed by atoms with E-state index in [-0.39, 0.29) is 6.01 Å². The number of oxazole rings is 1. The number of nitrogen functional groups attached to an aromatic ring is 1. The number of ether oxygens (including phenoxy) is 1. The summed E-state index contributed by atoms with van der Waals surface area (Å²) in [6, 6.07) is 9.12. The normalized spacial score (nSPS) is 14.6. The van der Waals surface area contributed by atoms with E-state index < -0.39 is 11.9 Å². The lowest BCUT2D eigenvalue weighted by atomic mass is 10.1. The lowest BCUT2D eigenvalue weighted by Crippen LogP contribution is -2.38. The van der Waals surface area contributed by atoms with Gasteiger partial charge < -0.3 is 35.9 Å². The first-order chi connectivity index (χ1) is 16.5. The van der Waals surface area contributed by atoms with Crippen molar-refractivity contribution in [3.8, 4) is 17.1 Å². The Bertz CT molecular complexity index is 1450. The van der Waals surface area contributed by atoms with Crippen molar-refractivity contribution in [2.75, 3.05) is 12.3 Å². The maximum atomic E-state index is 11.6. The highest BCUT2D eigenvalue weighted by Gasteiger charge is 2.21. The molecule has 1 amide bonds. The average molecular weight is 460 g/mol. The zero-order valence-corrected chi connectivity index (χ0v) is 18.7. The lowest BCUT2D eigenvalue weighted by Gasteiger charge is -2.13. The SMILES string of the molecule is CC[C@@H](N/C=C(\C=N)c1cc2c3c(c1)nc(-c1ccc4oc(N)nc4c1)n3CCCO2)C(N)=O. The largest absolute Gasteiger partial charge is 0.491 e. The first-order valence-electron chi connectivity index (χ1n) is 11.1. The molecular formula is C24H25N7O3. The van der Waals surface area contributed by atoms with Gasteiger partial charge in [0.25, 0.3) is 6.01 Å². The quantitative estimate of drug-likeness (QED) is 0.309. The van der Waals surface area contributed by atoms with Crippen molar-refractivity contribution in [2.45, 2.75) is 32.4 Å². The molecule has 1 aliphatic heterocycles. The molecule has 0 bridgehead atoms. The number of aromatic nitrogens is 3. The number of benzene rings is 2. The fourth-order valence-corrected chi connectivity index (χ4v) is 4.23. The number of nitrogens with two attached hydrogens (primary N) is 2. The summed E-state index contributed by atoms with van der Waals surface area (Å²) in [7, 11) is 0. The minimum Gasteiger partial charge on any atom is -0.491 e. The van der Waals surface area contributed by atoms with Gasteiger partial charge in [-0.25, -0.2) is 4.98 Å². The number of allylic oxidation sites excluding steroid dienone is 1. The molecule has 5 rings (SSSR count). The van der Waals surface area contributed by atoms with Gasteiger partial charge in [-0.2, -0.15) is 4.98 Å². The number of nitrogens with one attached hydrogen (secondary N) is 2. The number of rotatable bonds is 7. The van der Waals surface area contributed by atoms with Crippen LogP contribution in [0.25, 0.3) is 39.1 Å². The van der Waals surface area contributed by atoms with E-state index in [2.05, 4.69) is 14.9 Å². The van der Waals surface area contributed by atoms with Crippen molar-refractivity contribution >= 4 is 45.8 Å². The maximum absolute atomic E-state index is 11.6. The van der Waals surface area contributed by atoms with Crippen LogP contribution in [0.3, 0.4) is 0 Å². The summed E-state index contributed by atoms with van der Waals surface area (Å²) >= 11 is 0. The molecule has 0 spiro atoms. The van der Waals surface area contributed by atoms with Gasteiger partial charge in [-0.05, 0) is 48.7 Å². The molecule has 0 saturated heterocycles. The van der Waals surface area contributed by atoms with Gasteiger partial charge in [0.05, 0.1) is 12.1 Å². The van der Waals surface area contributed by atoms with Crippen molar-refractivity contribution in [3.63, 3.8) is 0 Å². The standard InChI is InChI=1S/C24H25N7O3/c1-2-16(22(26)32)28-12-15(11-25)14-9-18-21-20(10-14)33-7-3-6-31(21)23(29-18)13-4-5-19-17(8-13)30-24(27)34-19/h4-5,8-12,16,25,28H,2-3,6-7H2,1H3,(H2,26,32)(H2,27,30)/b15-12+,25-11?/t16-/m1/s1. The van der Waals surface area contributed by atoms with Crippen LogP contribution in [0.4, 0.5) is 6.01 Å². The summed E-state index contributed by atoms with van der Waals surface area (Å²) in [6.45, 7) is 3.19. The van der Waals surface area contributed by atoms with Crippen molar-refractivity contribution in [2.24, 2.45) is 5.73 Å². The fraction of sp³-hybridized carbons (Fsp3) is 0.250. The smallest absolute Gasteiger partial charge is 0.292 e. The molecule has 2 aromatic heterocycles. The predicted molar refractivity (Wildman–Crippen MR) is 130 cm³/mol. The Morgan fingerprint density at radius 3 is 2.91 bits per heavy atom. The molecule has 2 aromatic carbocycles. The number of primary amides is 1. The molecular weight excluding hydrogens is 434 g/mol. The summed E-state index contributed by atoms with van der Waals surface area (Å²) in [5.41, 5.74) is 16.3. The van der Waals surface area contributed by atoms with Crippen LogP contribution in [0.2, 0.25) is 0 Å². The van der Waals surface area contributed by atoms with Crippen molar-refractivity contribution in [1.82, 2.24) is 19.9 Å². The van der Waals surface area contributed by atoms with E-state index in [4.69, 9.17) is 31.0 Å². The second-order valence-electron chi connectivity index (χ2n) is 8.14. The summed E-state index contributed by atoms with van der Waals surface area (Å²) in [4.78, 5) is 20.7. The topological polar surface area (TPSA) is 158 Å². The van der Waals surface area contributed by atoms with E-state index >= 15 is 0 Å². The number of aryl methyl sites for hydroxylation is 1. The third kappa shape index (κ3) is 3.72. The van der Waals surface area contributed by atoms with Gasteiger partial charge in [-0.15, -0.1) is 0 Å². The molecule has 3 heterocycles. The van der Waals surface area contributed by atoms with Crippen LogP contribution in [0.1, 0.15) is 25.3 Å². The van der Waals surface area contributed by atoms with Gasteiger partial charge in [-0.1, -0.05) is 6.92 Å². The van der Waals surface area contributed by atoms with E-state index in [1.807, 2.05) is 37.3 Å². The maximum Gasteiger partial charge on any atom is 0.292 e. The van der Waals surface area contributed by atoms with Gasteiger partial charge in [0.1, 0.15) is 28.6 Å². The highest BCUT2D eigenvalue weighted by molar-refractivity contribution is 6.09. The van der Waals surface area contributed by atoms with Gasteiger partial charge >= 0.3 is 0 Å². The van der Waals surface area contributed by atoms with E-state index in [1.165, 1.54) is 6.21 Å². The molecule has 0 radical (unpaired) electrons. The van der Waals surface area contributed by atoms with Gasteiger partial charge in [0.2, 0.25) is 5.91 Å². The van der Waals surface area contributed by atoms with Crippen molar-refractivity contribution in [3.05, 3.63) is 42.1 Å². The predicted octanol–water partition coefficient (Wildman–Crippen LogP) is 3.05. The van der Waals surface area contributed by atoms with Crippen LogP contribution < -0.4 is 21.5 Å². The Kier molecular flexibility index (Phi) is 5.40. The van der Waals surface area contributed by atoms with Gasteiger partial charge in [0.15, 0.2) is 5.58 Å². The number of nitrogens with zero attached hydrogens (tertiary/aromatic N) is 3. The number of hydrogen-bond acceptors (Lipinski definition) is 8. The molecule has 34 heavy (non-hydrogen) atoms. The van der Waals surface area contributed by atoms with Crippen LogP contribution in [0, 0.1) is 5.41 Å². The fourth-order valence-electron chi connectivity index (χ4n) is 4.23. The summed E-state index contributed by atoms with van der Waals surface area (Å²) < 4.78 is 13.6. The van der Waals surface area contributed by atoms with E-state index in [1.54, 1.807) is 6.20 Å². The number of fused-ring (bicyclic) bond motifs is 1. The van der Waals surface area contributed by atoms with Crippen LogP contribution >= 0.6 is 0 Å². The van der Waals surface area contributed by atoms with E-state index in [0.717, 1.165) is 41.0 Å². The number of hydrogen-bond donors (Lipinski definition) is 4. The Labute approximate surface area is 195 Å². The zero-order chi connectivity index (χ0) is 23.8. The molecule has 1 aliphatic rings. The Hall–Kier alpha value is -4.34. The van der Waals surface area contributed by atoms with E-state index in [0.29, 0.717) is 35.5 Å². The Balaban J connectivity index is 1.62. The third-order valence-corrected chi connectivity index (χ3v) is 5.93. The first-order valence-corrected chi connectivity index (χ1v) is 11.1. The van der Waals surface area contributed by atoms with Gasteiger partial charge in [-0.3, -0.25) is 4.79 Å². The summed E-state index contributed by atoms with van der Waals surface area (Å²) in [5.74, 6) is 1.05. The highest BCUT2D eigenvalue weighted by Crippen LogP contribution is 2.36. The second-order valence-corrected chi connectivity index (χ2v) is 8.14. The molecule has 10 nitrogen and oxygen atoms in total. The molecule has 0 fully saturated rings. The minimum atomic E-state index is -0.511. The third-order valence-electron chi connectivity index (χ3n) is 5.93. The van der Waals surface area contributed by atoms with Crippen molar-refractivity contribution in [1.29, 1.82) is 5.41 Å². The van der Waals surface area contributed by atoms with Crippen LogP contribution in [0.5, 0.6) is 5.75 Å². The Morgan fingerprint density at radius 1 is 1.29 bits per heavy atom. The van der Waals surface area contributed by atoms with Crippen LogP contribution in [-0.4, -0.2) is 39.3 Å². The van der Waals surface area contributed by atoms with Crippen LogP contribution in [0.15, 0.2) is 40.9 Å². The van der Waals surface area contributed by atoms with Gasteiger partial charge in [0, 0.05) is 30.1 Å². The summed E-state index contributed by atoms with van der Waals surface area (Å²) in [6.07, 6.45) is 4.23. The number of imidazole rings is 1. The van der Waals surface area contributed by atoms with E-state index in [9.17, 15) is 4.79 Å². The molecule has 0 saturated carbocycles. The number of amides is 1. The molecule has 0 unspecified atom stereocenters. The minimum absolute atomic E-state index is 0.125. The average Bonchev–Trinajstić information content (AvgIpc) is 3.29. The Morgan fingerprint density at radius 2 is 2.15 bits per heavy atom. The molecule has 174 valence electrons. The second kappa shape index (κ2) is 8.54. The molecule has 10 heteroatoms.